The molecule has 1 rings (SSSR count). The Labute approximate surface area is 176 Å². The molecule has 2 N–H and O–H groups in total. The van der Waals surface area contributed by atoms with Crippen LogP contribution in [0.2, 0.25) is 0 Å². The van der Waals surface area contributed by atoms with Crippen LogP contribution in [0.1, 0.15) is 21.8 Å². The zero-order valence-electron chi connectivity index (χ0n) is 15.6. The molecule has 160 valence electrons. The second kappa shape index (κ2) is 17.0. The molecule has 27 heavy (non-hydrogen) atoms. The Balaban J connectivity index is -0.000000405. The van der Waals surface area contributed by atoms with Gasteiger partial charge >= 0.3 is 95.5 Å². The number of amides is 2. The summed E-state index contributed by atoms with van der Waals surface area (Å²) >= 11 is 1.24. The first-order valence-electron chi connectivity index (χ1n) is 7.90. The first-order chi connectivity index (χ1) is 11.8. The Morgan fingerprint density at radius 3 is 2.22 bits per heavy atom. The quantitative estimate of drug-likeness (QED) is 0.224. The van der Waals surface area contributed by atoms with Crippen LogP contribution in [0.15, 0.2) is 5.70 Å². The minimum atomic E-state index is -0.197. The summed E-state index contributed by atoms with van der Waals surface area (Å²) in [5.41, 5.74) is 0.154. The molecular formula is C18H37N4O4W-. The Morgan fingerprint density at radius 2 is 1.85 bits per heavy atom. The van der Waals surface area contributed by atoms with E-state index >= 15 is 0 Å². The number of rotatable bonds is 10. The van der Waals surface area contributed by atoms with E-state index in [0.717, 1.165) is 10.6 Å². The van der Waals surface area contributed by atoms with Gasteiger partial charge in [-0.1, -0.05) is 14.9 Å². The third-order valence-corrected chi connectivity index (χ3v) is 4.36. The number of nitrogens with zero attached hydrogens (tertiary/aromatic N) is 2. The molecule has 1 aliphatic rings. The van der Waals surface area contributed by atoms with Crippen LogP contribution in [0, 0.1) is 6.58 Å². The van der Waals surface area contributed by atoms with Gasteiger partial charge in [0.2, 0.25) is 5.91 Å². The van der Waals surface area contributed by atoms with Crippen molar-refractivity contribution in [2.45, 2.75) is 27.8 Å². The monoisotopic (exact) mass is 557 g/mol. The van der Waals surface area contributed by atoms with Crippen molar-refractivity contribution >= 4 is 15.8 Å². The minimum absolute atomic E-state index is 0. The van der Waals surface area contributed by atoms with Gasteiger partial charge < -0.3 is 15.0 Å². The van der Waals surface area contributed by atoms with Crippen LogP contribution in [0.5, 0.6) is 0 Å². The number of carbonyl (C=O) groups is 2. The van der Waals surface area contributed by atoms with Gasteiger partial charge in [0, 0.05) is 20.2 Å². The molecule has 1 unspecified atom stereocenters. The Kier molecular flexibility index (Phi) is 19.3. The SMILES string of the molecule is C.C.CNC1CN(CCOC)C1=O.[CH-]=C(NC)C(=O)N(CCOC)[C](C)=[W]. The normalized spacial score (nSPS) is 14.5. The molecule has 0 aliphatic carbocycles. The molecule has 8 nitrogen and oxygen atoms in total. The molecule has 1 aliphatic heterocycles. The van der Waals surface area contributed by atoms with Gasteiger partial charge in [-0.3, -0.25) is 4.79 Å². The van der Waals surface area contributed by atoms with Gasteiger partial charge in [-0.25, -0.2) is 0 Å². The molecule has 0 aromatic carbocycles. The van der Waals surface area contributed by atoms with Crippen LogP contribution in [-0.4, -0.2) is 92.8 Å². The fourth-order valence-corrected chi connectivity index (χ4v) is 2.58. The summed E-state index contributed by atoms with van der Waals surface area (Å²) in [6.07, 6.45) is 0. The van der Waals surface area contributed by atoms with Crippen LogP contribution in [0.4, 0.5) is 0 Å². The van der Waals surface area contributed by atoms with Gasteiger partial charge in [-0.2, -0.15) is 0 Å². The van der Waals surface area contributed by atoms with Crippen LogP contribution in [0.25, 0.3) is 0 Å². The van der Waals surface area contributed by atoms with Crippen molar-refractivity contribution in [2.75, 3.05) is 61.2 Å². The molecule has 0 aromatic heterocycles. The average Bonchev–Trinajstić information content (AvgIpc) is 2.60. The van der Waals surface area contributed by atoms with Crippen molar-refractivity contribution in [3.05, 3.63) is 12.3 Å². The summed E-state index contributed by atoms with van der Waals surface area (Å²) < 4.78 is 10.7. The van der Waals surface area contributed by atoms with Gasteiger partial charge in [0.1, 0.15) is 6.04 Å². The van der Waals surface area contributed by atoms with E-state index in [-0.39, 0.29) is 38.4 Å². The van der Waals surface area contributed by atoms with Gasteiger partial charge in [-0.05, 0) is 7.05 Å². The number of carbonyl (C=O) groups excluding carboxylic acids is 2. The maximum atomic E-state index is 11.7. The summed E-state index contributed by atoms with van der Waals surface area (Å²) in [6.45, 7) is 10.6. The third kappa shape index (κ3) is 10.7. The molecule has 0 bridgehead atoms. The molecule has 0 saturated carbocycles. The fourth-order valence-electron chi connectivity index (χ4n) is 1.95. The van der Waals surface area contributed by atoms with Crippen LogP contribution < -0.4 is 10.6 Å². The van der Waals surface area contributed by atoms with Crippen molar-refractivity contribution in [3.8, 4) is 0 Å². The van der Waals surface area contributed by atoms with Crippen molar-refractivity contribution in [3.63, 3.8) is 0 Å². The van der Waals surface area contributed by atoms with E-state index in [0.29, 0.717) is 26.3 Å². The number of hydrogen-bond acceptors (Lipinski definition) is 6. The van der Waals surface area contributed by atoms with Crippen molar-refractivity contribution in [1.29, 1.82) is 0 Å². The summed E-state index contributed by atoms with van der Waals surface area (Å²) in [4.78, 5) is 26.2. The molecule has 1 atom stereocenters. The number of nitrogens with one attached hydrogen (secondary N) is 2. The van der Waals surface area contributed by atoms with E-state index in [4.69, 9.17) is 16.1 Å². The van der Waals surface area contributed by atoms with Crippen molar-refractivity contribution < 1.29 is 38.4 Å². The predicted octanol–water partition coefficient (Wildman–Crippen LogP) is 0.0295. The number of hydrogen-bond donors (Lipinski definition) is 2. The molecule has 0 aromatic rings. The summed E-state index contributed by atoms with van der Waals surface area (Å²) in [5, 5.41) is 5.56. The molecule has 9 heteroatoms. The van der Waals surface area contributed by atoms with E-state index in [2.05, 4.69) is 10.6 Å². The summed E-state index contributed by atoms with van der Waals surface area (Å²) in [5.74, 6) is -0.0124. The van der Waals surface area contributed by atoms with Crippen LogP contribution in [0.3, 0.4) is 0 Å². The maximum absolute atomic E-state index is 11.7. The molecule has 2 amide bonds. The van der Waals surface area contributed by atoms with Crippen molar-refractivity contribution in [1.82, 2.24) is 20.4 Å². The number of likely N-dealkylation sites (N-methyl/N-ethyl adjacent to an activating group) is 2. The number of likely N-dealkylation sites (tertiary alicyclic amines) is 1. The topological polar surface area (TPSA) is 83.1 Å². The third-order valence-electron chi connectivity index (χ3n) is 3.57. The molecule has 0 radical (unpaired) electrons. The average molecular weight is 557 g/mol. The van der Waals surface area contributed by atoms with Gasteiger partial charge in [0.15, 0.2) is 0 Å². The Morgan fingerprint density at radius 1 is 1.30 bits per heavy atom. The second-order valence-electron chi connectivity index (χ2n) is 5.25. The molecule has 1 fully saturated rings. The van der Waals surface area contributed by atoms with E-state index in [9.17, 15) is 9.59 Å². The first kappa shape index (κ1) is 30.6. The van der Waals surface area contributed by atoms with Crippen LogP contribution >= 0.6 is 0 Å². The number of ether oxygens (including phenoxy) is 2. The number of methoxy groups -OCH3 is 2. The van der Waals surface area contributed by atoms with Crippen molar-refractivity contribution in [2.24, 2.45) is 0 Å². The molecule has 1 heterocycles. The Bertz CT molecular complexity index is 472. The van der Waals surface area contributed by atoms with E-state index < -0.39 is 0 Å². The Hall–Kier alpha value is -1.08. The standard InChI is InChI=1S/C9H15N2O2.C7H14N2O2.2CH4.W/c1-5-11(6-7-13-4)9(12)8(2)10-3;1-8-6-5-9(7(6)10)3-4-11-2;;;/h2,10H,6-7H2,1,3-4H3;6,8H,3-5H2,1-2H3;2*1H4;/q-1;;;;. The molecular weight excluding hydrogens is 520 g/mol. The number of β-lactam (4-membered cyclic amide) rings is 1. The molecule has 1 saturated heterocycles. The van der Waals surface area contributed by atoms with Gasteiger partial charge in [0.05, 0.1) is 6.61 Å². The fraction of sp³-hybridized carbons (Fsp3) is 0.722. The summed E-state index contributed by atoms with van der Waals surface area (Å²) in [6, 6.07) is 0.0480. The van der Waals surface area contributed by atoms with E-state index in [1.165, 1.54) is 19.4 Å². The van der Waals surface area contributed by atoms with E-state index in [1.807, 2.05) is 6.92 Å². The predicted molar refractivity (Wildman–Crippen MR) is 106 cm³/mol. The van der Waals surface area contributed by atoms with E-state index in [1.54, 1.807) is 38.1 Å². The first-order valence-corrected chi connectivity index (χ1v) is 9.37. The zero-order chi connectivity index (χ0) is 19.4. The van der Waals surface area contributed by atoms with Gasteiger partial charge in [0.25, 0.3) is 0 Å². The zero-order valence-corrected chi connectivity index (χ0v) is 18.6. The summed E-state index contributed by atoms with van der Waals surface area (Å²) in [7, 11) is 6.67. The van der Waals surface area contributed by atoms with Crippen LogP contribution in [-0.2, 0) is 38.4 Å². The van der Waals surface area contributed by atoms with Gasteiger partial charge in [-0.15, -0.1) is 0 Å². The molecule has 0 spiro atoms. The second-order valence-corrected chi connectivity index (χ2v) is 7.37.